The van der Waals surface area contributed by atoms with E-state index in [0.717, 1.165) is 29.4 Å². The average molecular weight is 357 g/mol. The highest BCUT2D eigenvalue weighted by Crippen LogP contribution is 2.28. The molecule has 0 spiro atoms. The zero-order chi connectivity index (χ0) is 18.5. The third kappa shape index (κ3) is 2.90. The fourth-order valence-electron chi connectivity index (χ4n) is 3.84. The molecule has 0 saturated carbocycles. The molecule has 0 unspecified atom stereocenters. The fraction of sp³-hybridized carbons (Fsp3) is 0.500. The molecule has 1 aliphatic heterocycles. The number of carbonyl (C=O) groups is 1. The number of aliphatic hydroxyl groups is 1. The third-order valence-corrected chi connectivity index (χ3v) is 4.96. The van der Waals surface area contributed by atoms with Crippen molar-refractivity contribution in [1.29, 1.82) is 0 Å². The first-order valence-corrected chi connectivity index (χ1v) is 8.90. The number of piperidine rings is 1. The lowest BCUT2D eigenvalue weighted by Crippen LogP contribution is -2.44. The Balaban J connectivity index is 1.71. The molecule has 1 amide bonds. The van der Waals surface area contributed by atoms with Crippen LogP contribution in [0.25, 0.3) is 22.1 Å². The molecule has 0 radical (unpaired) electrons. The smallest absolute Gasteiger partial charge is 0.326 e. The first-order chi connectivity index (χ1) is 12.3. The number of fused-ring (bicyclic) bond motifs is 3. The molecule has 4 heterocycles. The number of hydrogen-bond donors (Lipinski definition) is 3. The second-order valence-corrected chi connectivity index (χ2v) is 7.69. The van der Waals surface area contributed by atoms with Gasteiger partial charge in [-0.05, 0) is 32.8 Å². The predicted octanol–water partition coefficient (Wildman–Crippen LogP) is 1.53. The highest BCUT2D eigenvalue weighted by molar-refractivity contribution is 6.00. The van der Waals surface area contributed by atoms with Crippen LogP contribution in [0.3, 0.4) is 0 Å². The molecular weight excluding hydrogens is 334 g/mol. The molecule has 1 saturated heterocycles. The lowest BCUT2D eigenvalue weighted by molar-refractivity contribution is -0.136. The molecule has 3 N–H and O–H groups in total. The Hall–Kier alpha value is -2.61. The number of aromatic amines is 2. The Morgan fingerprint density at radius 3 is 3.04 bits per heavy atom. The van der Waals surface area contributed by atoms with Crippen molar-refractivity contribution in [2.45, 2.75) is 44.8 Å². The van der Waals surface area contributed by atoms with E-state index in [-0.39, 0.29) is 24.1 Å². The average Bonchev–Trinajstić information content (AvgIpc) is 3.16. The van der Waals surface area contributed by atoms with Crippen molar-refractivity contribution in [1.82, 2.24) is 24.4 Å². The van der Waals surface area contributed by atoms with Crippen LogP contribution in [0.15, 0.2) is 23.3 Å². The quantitative estimate of drug-likeness (QED) is 0.661. The van der Waals surface area contributed by atoms with Gasteiger partial charge >= 0.3 is 5.69 Å². The number of amides is 1. The minimum absolute atomic E-state index is 0.0779. The highest BCUT2D eigenvalue weighted by Gasteiger charge is 2.30. The summed E-state index contributed by atoms with van der Waals surface area (Å²) in [6.07, 6.45) is 5.19. The van der Waals surface area contributed by atoms with Gasteiger partial charge in [0.25, 0.3) is 0 Å². The predicted molar refractivity (Wildman–Crippen MR) is 98.0 cm³/mol. The zero-order valence-corrected chi connectivity index (χ0v) is 15.0. The summed E-state index contributed by atoms with van der Waals surface area (Å²) in [6.45, 7) is 4.39. The van der Waals surface area contributed by atoms with E-state index >= 15 is 0 Å². The Bertz CT molecular complexity index is 1020. The number of rotatable bonds is 3. The monoisotopic (exact) mass is 357 g/mol. The van der Waals surface area contributed by atoms with Crippen molar-refractivity contribution in [2.75, 3.05) is 13.1 Å². The molecule has 8 heteroatoms. The molecule has 1 atom stereocenters. The molecular formula is C18H23N5O3. The largest absolute Gasteiger partial charge is 0.390 e. The van der Waals surface area contributed by atoms with E-state index in [0.29, 0.717) is 18.6 Å². The lowest BCUT2D eigenvalue weighted by atomic mass is 10.0. The first-order valence-electron chi connectivity index (χ1n) is 8.90. The van der Waals surface area contributed by atoms with E-state index in [1.54, 1.807) is 35.7 Å². The Morgan fingerprint density at radius 1 is 1.46 bits per heavy atom. The topological polar surface area (TPSA) is 107 Å². The zero-order valence-electron chi connectivity index (χ0n) is 15.0. The van der Waals surface area contributed by atoms with Crippen LogP contribution in [0.2, 0.25) is 0 Å². The Kier molecular flexibility index (Phi) is 3.87. The fourth-order valence-corrected chi connectivity index (χ4v) is 3.84. The van der Waals surface area contributed by atoms with Crippen LogP contribution in [0.1, 0.15) is 39.2 Å². The van der Waals surface area contributed by atoms with Crippen molar-refractivity contribution in [3.8, 4) is 0 Å². The van der Waals surface area contributed by atoms with Crippen LogP contribution < -0.4 is 5.69 Å². The standard InChI is InChI=1S/C18H23N5O3/c1-18(2,26)8-14(24)22-7-3-4-11(10-22)23-15-12-5-6-19-16(12)20-9-13(15)21-17(23)25/h5-6,9,11,26H,3-4,7-8,10H2,1-2H3,(H,19,20)(H,21,25)/t11-/m1/s1. The number of nitrogens with one attached hydrogen (secondary N) is 2. The summed E-state index contributed by atoms with van der Waals surface area (Å²) in [5.41, 5.74) is 1.03. The molecule has 138 valence electrons. The van der Waals surface area contributed by atoms with Gasteiger partial charge < -0.3 is 20.0 Å². The normalized spacial score (nSPS) is 18.7. The summed E-state index contributed by atoms with van der Waals surface area (Å²) in [5.74, 6) is -0.0800. The molecule has 0 bridgehead atoms. The number of carbonyl (C=O) groups excluding carboxylic acids is 1. The van der Waals surface area contributed by atoms with Crippen LogP contribution in [0.5, 0.6) is 0 Å². The molecule has 1 aliphatic rings. The van der Waals surface area contributed by atoms with E-state index in [1.165, 1.54) is 0 Å². The summed E-state index contributed by atoms with van der Waals surface area (Å²) >= 11 is 0. The minimum atomic E-state index is -1.04. The maximum Gasteiger partial charge on any atom is 0.326 e. The number of nitrogens with zero attached hydrogens (tertiary/aromatic N) is 3. The molecule has 1 fully saturated rings. The van der Waals surface area contributed by atoms with Crippen LogP contribution in [0, 0.1) is 0 Å². The summed E-state index contributed by atoms with van der Waals surface area (Å²) < 4.78 is 1.76. The van der Waals surface area contributed by atoms with E-state index in [9.17, 15) is 14.7 Å². The highest BCUT2D eigenvalue weighted by atomic mass is 16.3. The van der Waals surface area contributed by atoms with Crippen LogP contribution in [0.4, 0.5) is 0 Å². The molecule has 0 aromatic carbocycles. The van der Waals surface area contributed by atoms with Gasteiger partial charge in [-0.15, -0.1) is 0 Å². The molecule has 4 rings (SSSR count). The second-order valence-electron chi connectivity index (χ2n) is 7.69. The van der Waals surface area contributed by atoms with Gasteiger partial charge in [0.15, 0.2) is 0 Å². The van der Waals surface area contributed by atoms with Crippen LogP contribution >= 0.6 is 0 Å². The summed E-state index contributed by atoms with van der Waals surface area (Å²) in [4.78, 5) is 37.2. The van der Waals surface area contributed by atoms with Crippen molar-refractivity contribution in [3.05, 3.63) is 28.9 Å². The Morgan fingerprint density at radius 2 is 2.27 bits per heavy atom. The molecule has 8 nitrogen and oxygen atoms in total. The first kappa shape index (κ1) is 16.8. The summed E-state index contributed by atoms with van der Waals surface area (Å²) in [6, 6.07) is 1.81. The van der Waals surface area contributed by atoms with Crippen LogP contribution in [-0.2, 0) is 4.79 Å². The van der Waals surface area contributed by atoms with E-state index in [2.05, 4.69) is 15.0 Å². The van der Waals surface area contributed by atoms with Gasteiger partial charge in [-0.3, -0.25) is 9.36 Å². The molecule has 3 aromatic rings. The SMILES string of the molecule is CC(C)(O)CC(=O)N1CCC[C@@H](n2c(=O)[nH]c3cnc4[nH]ccc4c32)C1. The van der Waals surface area contributed by atoms with Crippen LogP contribution in [-0.4, -0.2) is 54.1 Å². The number of likely N-dealkylation sites (tertiary alicyclic amines) is 1. The number of pyridine rings is 1. The molecule has 0 aliphatic carbocycles. The van der Waals surface area contributed by atoms with Gasteiger partial charge in [0, 0.05) is 24.7 Å². The van der Waals surface area contributed by atoms with Crippen molar-refractivity contribution >= 4 is 28.0 Å². The molecule has 3 aromatic heterocycles. The number of imidazole rings is 1. The van der Waals surface area contributed by atoms with Gasteiger partial charge in [-0.2, -0.15) is 0 Å². The van der Waals surface area contributed by atoms with Gasteiger partial charge in [-0.1, -0.05) is 0 Å². The molecule has 26 heavy (non-hydrogen) atoms. The van der Waals surface area contributed by atoms with E-state index in [4.69, 9.17) is 0 Å². The van der Waals surface area contributed by atoms with Gasteiger partial charge in [0.05, 0.1) is 35.3 Å². The number of aromatic nitrogens is 4. The van der Waals surface area contributed by atoms with Gasteiger partial charge in [-0.25, -0.2) is 9.78 Å². The van der Waals surface area contributed by atoms with E-state index in [1.807, 2.05) is 6.07 Å². The maximum absolute atomic E-state index is 12.6. The van der Waals surface area contributed by atoms with Crippen molar-refractivity contribution in [2.24, 2.45) is 0 Å². The maximum atomic E-state index is 12.6. The number of hydrogen-bond acceptors (Lipinski definition) is 4. The second kappa shape index (κ2) is 5.98. The van der Waals surface area contributed by atoms with Gasteiger partial charge in [0.1, 0.15) is 5.65 Å². The van der Waals surface area contributed by atoms with Crippen molar-refractivity contribution < 1.29 is 9.90 Å². The summed E-state index contributed by atoms with van der Waals surface area (Å²) in [7, 11) is 0. The Labute approximate surface area is 149 Å². The lowest BCUT2D eigenvalue weighted by Gasteiger charge is -2.34. The van der Waals surface area contributed by atoms with Gasteiger partial charge in [0.2, 0.25) is 5.91 Å². The summed E-state index contributed by atoms with van der Waals surface area (Å²) in [5, 5.41) is 10.8. The third-order valence-electron chi connectivity index (χ3n) is 4.96. The number of H-pyrrole nitrogens is 2. The van der Waals surface area contributed by atoms with Crippen molar-refractivity contribution in [3.63, 3.8) is 0 Å². The minimum Gasteiger partial charge on any atom is -0.390 e. The van der Waals surface area contributed by atoms with E-state index < -0.39 is 5.60 Å².